The van der Waals surface area contributed by atoms with Gasteiger partial charge >= 0.3 is 5.97 Å². The molecule has 2 rings (SSSR count). The standard InChI is InChI=1S/C17H19NO4/c1-3-8-18-16(19)11-22-17(20)14-9-12-6-4-5-7-13(12)10-15(14)21-2/h4-7,9-10H,3,8,11H2,1-2H3,(H,18,19). The van der Waals surface area contributed by atoms with Gasteiger partial charge in [0.1, 0.15) is 11.3 Å². The van der Waals surface area contributed by atoms with E-state index < -0.39 is 5.97 Å². The fourth-order valence-corrected chi connectivity index (χ4v) is 2.07. The molecule has 1 amide bonds. The Morgan fingerprint density at radius 2 is 1.82 bits per heavy atom. The maximum atomic E-state index is 12.2. The van der Waals surface area contributed by atoms with Gasteiger partial charge in [0.05, 0.1) is 7.11 Å². The number of hydrogen-bond acceptors (Lipinski definition) is 4. The first-order chi connectivity index (χ1) is 10.7. The van der Waals surface area contributed by atoms with Crippen LogP contribution in [0.2, 0.25) is 0 Å². The maximum Gasteiger partial charge on any atom is 0.342 e. The van der Waals surface area contributed by atoms with Crippen LogP contribution in [0.25, 0.3) is 10.8 Å². The molecule has 1 N–H and O–H groups in total. The topological polar surface area (TPSA) is 64.6 Å². The van der Waals surface area contributed by atoms with Gasteiger partial charge in [-0.2, -0.15) is 0 Å². The van der Waals surface area contributed by atoms with Crippen molar-refractivity contribution < 1.29 is 19.1 Å². The van der Waals surface area contributed by atoms with E-state index in [1.807, 2.05) is 31.2 Å². The van der Waals surface area contributed by atoms with Crippen LogP contribution in [0.4, 0.5) is 0 Å². The van der Waals surface area contributed by atoms with E-state index in [0.29, 0.717) is 17.9 Å². The minimum absolute atomic E-state index is 0.297. The van der Waals surface area contributed by atoms with E-state index in [-0.39, 0.29) is 12.5 Å². The molecule has 0 unspecified atom stereocenters. The second-order valence-corrected chi connectivity index (χ2v) is 4.83. The average molecular weight is 301 g/mol. The van der Waals surface area contributed by atoms with Gasteiger partial charge in [-0.25, -0.2) is 4.79 Å². The van der Waals surface area contributed by atoms with E-state index in [9.17, 15) is 9.59 Å². The fourth-order valence-electron chi connectivity index (χ4n) is 2.07. The van der Waals surface area contributed by atoms with E-state index >= 15 is 0 Å². The molecule has 0 bridgehead atoms. The summed E-state index contributed by atoms with van der Waals surface area (Å²) in [5.41, 5.74) is 0.310. The second kappa shape index (κ2) is 7.45. The number of rotatable bonds is 6. The van der Waals surface area contributed by atoms with Crippen molar-refractivity contribution in [3.63, 3.8) is 0 Å². The lowest BCUT2D eigenvalue weighted by Crippen LogP contribution is -2.29. The lowest BCUT2D eigenvalue weighted by molar-refractivity contribution is -0.124. The van der Waals surface area contributed by atoms with Crippen LogP contribution < -0.4 is 10.1 Å². The fraction of sp³-hybridized carbons (Fsp3) is 0.294. The first-order valence-electron chi connectivity index (χ1n) is 7.16. The van der Waals surface area contributed by atoms with E-state index in [1.54, 1.807) is 12.1 Å². The summed E-state index contributed by atoms with van der Waals surface area (Å²) in [5.74, 6) is -0.457. The molecule has 5 nitrogen and oxygen atoms in total. The summed E-state index contributed by atoms with van der Waals surface area (Å²) in [5, 5.41) is 4.53. The Kier molecular flexibility index (Phi) is 5.36. The van der Waals surface area contributed by atoms with Crippen molar-refractivity contribution in [3.05, 3.63) is 42.0 Å². The Bertz CT molecular complexity index is 681. The molecule has 0 aliphatic heterocycles. The van der Waals surface area contributed by atoms with Crippen LogP contribution in [0.5, 0.6) is 5.75 Å². The average Bonchev–Trinajstić information content (AvgIpc) is 2.56. The molecular weight excluding hydrogens is 282 g/mol. The second-order valence-electron chi connectivity index (χ2n) is 4.83. The maximum absolute atomic E-state index is 12.2. The van der Waals surface area contributed by atoms with E-state index in [2.05, 4.69) is 5.32 Å². The summed E-state index contributed by atoms with van der Waals surface area (Å²) in [4.78, 5) is 23.6. The van der Waals surface area contributed by atoms with E-state index in [0.717, 1.165) is 17.2 Å². The smallest absolute Gasteiger partial charge is 0.342 e. The summed E-state index contributed by atoms with van der Waals surface area (Å²) in [6.45, 7) is 2.22. The summed E-state index contributed by atoms with van der Waals surface area (Å²) in [7, 11) is 1.49. The van der Waals surface area contributed by atoms with Crippen LogP contribution >= 0.6 is 0 Å². The lowest BCUT2D eigenvalue weighted by atomic mass is 10.1. The van der Waals surface area contributed by atoms with Crippen molar-refractivity contribution >= 4 is 22.6 Å². The van der Waals surface area contributed by atoms with Gasteiger partial charge < -0.3 is 14.8 Å². The highest BCUT2D eigenvalue weighted by Crippen LogP contribution is 2.26. The van der Waals surface area contributed by atoms with Gasteiger partial charge in [-0.05, 0) is 29.3 Å². The van der Waals surface area contributed by atoms with Gasteiger partial charge in [-0.3, -0.25) is 4.79 Å². The largest absolute Gasteiger partial charge is 0.496 e. The van der Waals surface area contributed by atoms with E-state index in [1.165, 1.54) is 7.11 Å². The quantitative estimate of drug-likeness (QED) is 0.833. The highest BCUT2D eigenvalue weighted by Gasteiger charge is 2.16. The number of methoxy groups -OCH3 is 1. The molecule has 2 aromatic carbocycles. The summed E-state index contributed by atoms with van der Waals surface area (Å²) >= 11 is 0. The number of carbonyl (C=O) groups is 2. The van der Waals surface area contributed by atoms with Gasteiger partial charge in [0.15, 0.2) is 6.61 Å². The SMILES string of the molecule is CCCNC(=O)COC(=O)c1cc2ccccc2cc1OC. The van der Waals surface area contributed by atoms with Crippen LogP contribution in [0, 0.1) is 0 Å². The molecule has 116 valence electrons. The van der Waals surface area contributed by atoms with Crippen LogP contribution in [0.3, 0.4) is 0 Å². The molecule has 0 spiro atoms. The highest BCUT2D eigenvalue weighted by atomic mass is 16.5. The predicted octanol–water partition coefficient (Wildman–Crippen LogP) is 2.53. The Labute approximate surface area is 129 Å². The molecule has 0 aliphatic rings. The Morgan fingerprint density at radius 3 is 2.45 bits per heavy atom. The third kappa shape index (κ3) is 3.75. The van der Waals surface area contributed by atoms with Crippen LogP contribution in [0.15, 0.2) is 36.4 Å². The molecule has 22 heavy (non-hydrogen) atoms. The summed E-state index contributed by atoms with van der Waals surface area (Å²) in [6, 6.07) is 11.1. The number of ether oxygens (including phenoxy) is 2. The van der Waals surface area contributed by atoms with Crippen molar-refractivity contribution in [1.82, 2.24) is 5.32 Å². The monoisotopic (exact) mass is 301 g/mol. The lowest BCUT2D eigenvalue weighted by Gasteiger charge is -2.10. The van der Waals surface area contributed by atoms with Crippen LogP contribution in [-0.4, -0.2) is 32.1 Å². The molecule has 0 heterocycles. The van der Waals surface area contributed by atoms with Gasteiger partial charge in [0.25, 0.3) is 5.91 Å². The Balaban J connectivity index is 2.14. The molecular formula is C17H19NO4. The van der Waals surface area contributed by atoms with Gasteiger partial charge in [0.2, 0.25) is 0 Å². The number of esters is 1. The molecule has 5 heteroatoms. The first kappa shape index (κ1) is 15.8. The van der Waals surface area contributed by atoms with Crippen molar-refractivity contribution in [2.45, 2.75) is 13.3 Å². The zero-order valence-electron chi connectivity index (χ0n) is 12.7. The normalized spacial score (nSPS) is 10.3. The zero-order chi connectivity index (χ0) is 15.9. The minimum atomic E-state index is -0.575. The van der Waals surface area contributed by atoms with Gasteiger partial charge in [0, 0.05) is 6.54 Å². The third-order valence-electron chi connectivity index (χ3n) is 3.19. The van der Waals surface area contributed by atoms with Crippen molar-refractivity contribution in [2.24, 2.45) is 0 Å². The van der Waals surface area contributed by atoms with Gasteiger partial charge in [-0.15, -0.1) is 0 Å². The molecule has 2 aromatic rings. The van der Waals surface area contributed by atoms with Crippen LogP contribution in [-0.2, 0) is 9.53 Å². The molecule has 0 atom stereocenters. The van der Waals surface area contributed by atoms with Crippen molar-refractivity contribution in [1.29, 1.82) is 0 Å². The number of hydrogen-bond donors (Lipinski definition) is 1. The third-order valence-corrected chi connectivity index (χ3v) is 3.19. The van der Waals surface area contributed by atoms with Gasteiger partial charge in [-0.1, -0.05) is 31.2 Å². The number of benzene rings is 2. The van der Waals surface area contributed by atoms with E-state index in [4.69, 9.17) is 9.47 Å². The Hall–Kier alpha value is -2.56. The minimum Gasteiger partial charge on any atom is -0.496 e. The number of nitrogens with one attached hydrogen (secondary N) is 1. The predicted molar refractivity (Wildman–Crippen MR) is 84.1 cm³/mol. The molecule has 0 saturated carbocycles. The Morgan fingerprint density at radius 1 is 1.14 bits per heavy atom. The zero-order valence-corrected chi connectivity index (χ0v) is 12.7. The molecule has 0 aliphatic carbocycles. The first-order valence-corrected chi connectivity index (χ1v) is 7.16. The number of carbonyl (C=O) groups excluding carboxylic acids is 2. The van der Waals surface area contributed by atoms with Crippen LogP contribution in [0.1, 0.15) is 23.7 Å². The number of fused-ring (bicyclic) bond motifs is 1. The highest BCUT2D eigenvalue weighted by molar-refractivity contribution is 5.99. The number of amides is 1. The molecule has 0 saturated heterocycles. The molecule has 0 fully saturated rings. The van der Waals surface area contributed by atoms with Crippen molar-refractivity contribution in [2.75, 3.05) is 20.3 Å². The molecule has 0 aromatic heterocycles. The molecule has 0 radical (unpaired) electrons. The summed E-state index contributed by atoms with van der Waals surface area (Å²) in [6.07, 6.45) is 0.832. The van der Waals surface area contributed by atoms with Crippen molar-refractivity contribution in [3.8, 4) is 5.75 Å². The summed E-state index contributed by atoms with van der Waals surface area (Å²) < 4.78 is 10.3.